The van der Waals surface area contributed by atoms with Crippen LogP contribution in [0.4, 0.5) is 5.69 Å². The minimum atomic E-state index is 0.0232. The summed E-state index contributed by atoms with van der Waals surface area (Å²) < 4.78 is 7.55. The smallest absolute Gasteiger partial charge is 0.242 e. The number of likely N-dealkylation sites (N-methyl/N-ethyl adjacent to an activating group) is 1. The Kier molecular flexibility index (Phi) is 4.66. The van der Waals surface area contributed by atoms with Gasteiger partial charge in [0.25, 0.3) is 0 Å². The van der Waals surface area contributed by atoms with Gasteiger partial charge in [-0.1, -0.05) is 11.6 Å². The summed E-state index contributed by atoms with van der Waals surface area (Å²) in [6.45, 7) is 3.47. The fourth-order valence-corrected chi connectivity index (χ4v) is 3.02. The van der Waals surface area contributed by atoms with E-state index in [1.54, 1.807) is 28.9 Å². The van der Waals surface area contributed by atoms with Crippen molar-refractivity contribution in [3.63, 3.8) is 0 Å². The number of halogens is 1. The molecule has 0 aliphatic carbocycles. The Bertz CT molecular complexity index is 746. The maximum absolute atomic E-state index is 12.6. The van der Waals surface area contributed by atoms with Crippen molar-refractivity contribution in [2.45, 2.75) is 19.6 Å². The molecule has 2 aromatic rings. The van der Waals surface area contributed by atoms with Gasteiger partial charge in [0.15, 0.2) is 0 Å². The summed E-state index contributed by atoms with van der Waals surface area (Å²) in [4.78, 5) is 16.3. The third-order valence-electron chi connectivity index (χ3n) is 4.00. The number of hydrogen-bond acceptors (Lipinski definition) is 4. The molecular weight excluding hydrogens is 328 g/mol. The molecule has 0 saturated heterocycles. The number of aryl methyl sites for hydroxylation is 1. The highest BCUT2D eigenvalue weighted by atomic mass is 35.5. The standard InChI is InChI=1S/C17H21ClN4O2/c1-12-8-22(15-6-14(18)4-5-16(15)24-12)11-17(23)20(2)9-13-7-19-21(3)10-13/h4-7,10,12H,8-9,11H2,1-3H3/t12-/m1/s1. The minimum Gasteiger partial charge on any atom is -0.487 e. The summed E-state index contributed by atoms with van der Waals surface area (Å²) >= 11 is 6.10. The average Bonchev–Trinajstić information content (AvgIpc) is 2.93. The Morgan fingerprint density at radius 3 is 3.00 bits per heavy atom. The van der Waals surface area contributed by atoms with Gasteiger partial charge in [-0.2, -0.15) is 5.10 Å². The van der Waals surface area contributed by atoms with Crippen LogP contribution in [0.5, 0.6) is 5.75 Å². The van der Waals surface area contributed by atoms with Crippen LogP contribution in [0, 0.1) is 0 Å². The summed E-state index contributed by atoms with van der Waals surface area (Å²) in [7, 11) is 3.67. The molecule has 1 aromatic carbocycles. The molecule has 0 saturated carbocycles. The van der Waals surface area contributed by atoms with E-state index >= 15 is 0 Å². The number of carbonyl (C=O) groups is 1. The molecule has 128 valence electrons. The predicted octanol–water partition coefficient (Wildman–Crippen LogP) is 2.32. The first-order valence-electron chi connectivity index (χ1n) is 7.85. The SMILES string of the molecule is C[C@@H]1CN(CC(=O)N(C)Cc2cnn(C)c2)c2cc(Cl)ccc2O1. The van der Waals surface area contributed by atoms with Gasteiger partial charge in [-0.3, -0.25) is 9.48 Å². The Balaban J connectivity index is 1.71. The van der Waals surface area contributed by atoms with Gasteiger partial charge in [-0.15, -0.1) is 0 Å². The van der Waals surface area contributed by atoms with Crippen LogP contribution in [0.1, 0.15) is 12.5 Å². The van der Waals surface area contributed by atoms with Crippen molar-refractivity contribution in [1.29, 1.82) is 0 Å². The zero-order chi connectivity index (χ0) is 17.3. The van der Waals surface area contributed by atoms with E-state index in [9.17, 15) is 4.79 Å². The lowest BCUT2D eigenvalue weighted by Crippen LogP contribution is -2.44. The van der Waals surface area contributed by atoms with Crippen molar-refractivity contribution in [2.24, 2.45) is 7.05 Å². The van der Waals surface area contributed by atoms with Gasteiger partial charge < -0.3 is 14.5 Å². The molecule has 0 N–H and O–H groups in total. The van der Waals surface area contributed by atoms with Crippen LogP contribution in [0.2, 0.25) is 5.02 Å². The molecule has 3 rings (SSSR count). The van der Waals surface area contributed by atoms with Crippen molar-refractivity contribution in [1.82, 2.24) is 14.7 Å². The molecule has 24 heavy (non-hydrogen) atoms. The summed E-state index contributed by atoms with van der Waals surface area (Å²) in [6, 6.07) is 5.49. The number of amides is 1. The lowest BCUT2D eigenvalue weighted by molar-refractivity contribution is -0.129. The van der Waals surface area contributed by atoms with E-state index in [0.717, 1.165) is 17.0 Å². The van der Waals surface area contributed by atoms with Crippen LogP contribution in [0.25, 0.3) is 0 Å². The third-order valence-corrected chi connectivity index (χ3v) is 4.23. The van der Waals surface area contributed by atoms with Crippen molar-refractivity contribution in [3.8, 4) is 5.75 Å². The van der Waals surface area contributed by atoms with E-state index in [-0.39, 0.29) is 18.6 Å². The predicted molar refractivity (Wildman–Crippen MR) is 93.4 cm³/mol. The first-order valence-corrected chi connectivity index (χ1v) is 8.23. The van der Waals surface area contributed by atoms with E-state index < -0.39 is 0 Å². The molecule has 0 spiro atoms. The highest BCUT2D eigenvalue weighted by molar-refractivity contribution is 6.31. The monoisotopic (exact) mass is 348 g/mol. The van der Waals surface area contributed by atoms with Crippen LogP contribution in [-0.2, 0) is 18.4 Å². The van der Waals surface area contributed by atoms with Crippen LogP contribution < -0.4 is 9.64 Å². The first kappa shape index (κ1) is 16.6. The second-order valence-corrected chi connectivity index (χ2v) is 6.63. The number of ether oxygens (including phenoxy) is 1. The lowest BCUT2D eigenvalue weighted by Gasteiger charge is -2.35. The highest BCUT2D eigenvalue weighted by Gasteiger charge is 2.25. The summed E-state index contributed by atoms with van der Waals surface area (Å²) in [6.07, 6.45) is 3.71. The molecule has 0 unspecified atom stereocenters. The van der Waals surface area contributed by atoms with E-state index in [4.69, 9.17) is 16.3 Å². The van der Waals surface area contributed by atoms with Gasteiger partial charge in [-0.25, -0.2) is 0 Å². The van der Waals surface area contributed by atoms with Gasteiger partial charge in [0.05, 0.1) is 25.0 Å². The van der Waals surface area contributed by atoms with Crippen LogP contribution in [0.15, 0.2) is 30.6 Å². The zero-order valence-corrected chi connectivity index (χ0v) is 14.8. The van der Waals surface area contributed by atoms with E-state index in [0.29, 0.717) is 18.1 Å². The first-order chi connectivity index (χ1) is 11.4. The van der Waals surface area contributed by atoms with Crippen molar-refractivity contribution in [2.75, 3.05) is 25.0 Å². The molecule has 1 aromatic heterocycles. The highest BCUT2D eigenvalue weighted by Crippen LogP contribution is 2.35. The van der Waals surface area contributed by atoms with E-state index in [2.05, 4.69) is 5.10 Å². The Morgan fingerprint density at radius 2 is 2.29 bits per heavy atom. The van der Waals surface area contributed by atoms with E-state index in [1.807, 2.05) is 37.2 Å². The van der Waals surface area contributed by atoms with Gasteiger partial charge in [0.1, 0.15) is 11.9 Å². The number of hydrogen-bond donors (Lipinski definition) is 0. The van der Waals surface area contributed by atoms with Crippen molar-refractivity contribution < 1.29 is 9.53 Å². The Labute approximate surface area is 146 Å². The number of rotatable bonds is 4. The molecule has 0 bridgehead atoms. The maximum atomic E-state index is 12.6. The van der Waals surface area contributed by atoms with Gasteiger partial charge >= 0.3 is 0 Å². The fourth-order valence-electron chi connectivity index (χ4n) is 2.85. The topological polar surface area (TPSA) is 50.6 Å². The molecule has 1 atom stereocenters. The molecule has 1 amide bonds. The maximum Gasteiger partial charge on any atom is 0.242 e. The quantitative estimate of drug-likeness (QED) is 0.851. The fraction of sp³-hybridized carbons (Fsp3) is 0.412. The summed E-state index contributed by atoms with van der Waals surface area (Å²) in [5.74, 6) is 0.805. The molecule has 7 heteroatoms. The van der Waals surface area contributed by atoms with Gasteiger partial charge in [0.2, 0.25) is 5.91 Å². The van der Waals surface area contributed by atoms with Crippen molar-refractivity contribution in [3.05, 3.63) is 41.2 Å². The van der Waals surface area contributed by atoms with Crippen molar-refractivity contribution >= 4 is 23.2 Å². The second-order valence-electron chi connectivity index (χ2n) is 6.19. The Morgan fingerprint density at radius 1 is 1.50 bits per heavy atom. The molecule has 0 radical (unpaired) electrons. The number of aromatic nitrogens is 2. The molecule has 2 heterocycles. The number of nitrogens with zero attached hydrogens (tertiary/aromatic N) is 4. The van der Waals surface area contributed by atoms with Crippen LogP contribution in [-0.4, -0.2) is 46.8 Å². The lowest BCUT2D eigenvalue weighted by atomic mass is 10.2. The average molecular weight is 349 g/mol. The molecule has 0 fully saturated rings. The van der Waals surface area contributed by atoms with Gasteiger partial charge in [-0.05, 0) is 25.1 Å². The van der Waals surface area contributed by atoms with Gasteiger partial charge in [0, 0.05) is 37.4 Å². The molecule has 6 nitrogen and oxygen atoms in total. The number of carbonyl (C=O) groups excluding carboxylic acids is 1. The summed E-state index contributed by atoms with van der Waals surface area (Å²) in [5, 5.41) is 4.76. The summed E-state index contributed by atoms with van der Waals surface area (Å²) in [5.41, 5.74) is 1.87. The molecular formula is C17H21ClN4O2. The molecule has 1 aliphatic rings. The number of benzene rings is 1. The van der Waals surface area contributed by atoms with Crippen LogP contribution >= 0.6 is 11.6 Å². The zero-order valence-electron chi connectivity index (χ0n) is 14.1. The molecule has 1 aliphatic heterocycles. The largest absolute Gasteiger partial charge is 0.487 e. The third kappa shape index (κ3) is 3.64. The van der Waals surface area contributed by atoms with E-state index in [1.165, 1.54) is 0 Å². The normalized spacial score (nSPS) is 16.5. The Hall–Kier alpha value is -2.21. The second kappa shape index (κ2) is 6.73. The number of fused-ring (bicyclic) bond motifs is 1. The van der Waals surface area contributed by atoms with Crippen LogP contribution in [0.3, 0.4) is 0 Å². The number of anilines is 1. The minimum absolute atomic E-state index is 0.0232.